The van der Waals surface area contributed by atoms with Crippen LogP contribution in [0.2, 0.25) is 0 Å². The molecule has 0 aromatic heterocycles. The van der Waals surface area contributed by atoms with Crippen LogP contribution in [0.5, 0.6) is 0 Å². The van der Waals surface area contributed by atoms with Crippen LogP contribution in [-0.2, 0) is 24.0 Å². The summed E-state index contributed by atoms with van der Waals surface area (Å²) >= 11 is 0. The van der Waals surface area contributed by atoms with Gasteiger partial charge in [0.25, 0.3) is 0 Å². The maximum absolute atomic E-state index is 6.45. The van der Waals surface area contributed by atoms with Crippen molar-refractivity contribution in [2.45, 2.75) is 97.1 Å². The van der Waals surface area contributed by atoms with Crippen molar-refractivity contribution < 1.29 is 18.6 Å². The van der Waals surface area contributed by atoms with E-state index in [0.29, 0.717) is 0 Å². The third-order valence-electron chi connectivity index (χ3n) is 10.1. The summed E-state index contributed by atoms with van der Waals surface area (Å²) in [6, 6.07) is 22.3. The molecule has 6 rings (SSSR count). The number of benzene rings is 3. The van der Waals surface area contributed by atoms with Crippen LogP contribution in [0.3, 0.4) is 0 Å². The average Bonchev–Trinajstić information content (AvgIpc) is 3.33. The zero-order chi connectivity index (χ0) is 28.2. The molecule has 0 saturated carbocycles. The molecule has 0 N–H and O–H groups in total. The van der Waals surface area contributed by atoms with Gasteiger partial charge in [-0.1, -0.05) is 66.2 Å². The highest BCUT2D eigenvalue weighted by molar-refractivity contribution is 6.62. The molecule has 2 heterocycles. The summed E-state index contributed by atoms with van der Waals surface area (Å²) in [6.45, 7) is 21.3. The molecular weight excluding hydrogens is 482 g/mol. The molecule has 4 nitrogen and oxygen atoms in total. The largest absolute Gasteiger partial charge is 0.494 e. The van der Waals surface area contributed by atoms with Crippen molar-refractivity contribution in [2.24, 2.45) is 0 Å². The Balaban J connectivity index is 1.49. The van der Waals surface area contributed by atoms with Crippen molar-refractivity contribution in [3.05, 3.63) is 82.9 Å². The lowest BCUT2D eigenvalue weighted by Gasteiger charge is -2.32. The van der Waals surface area contributed by atoms with Gasteiger partial charge in [-0.15, -0.1) is 0 Å². The van der Waals surface area contributed by atoms with Crippen molar-refractivity contribution in [3.63, 3.8) is 0 Å². The fourth-order valence-electron chi connectivity index (χ4n) is 6.08. The third kappa shape index (κ3) is 3.90. The highest BCUT2D eigenvalue weighted by Crippen LogP contribution is 2.52. The second-order valence-corrected chi connectivity index (χ2v) is 13.8. The van der Waals surface area contributed by atoms with Gasteiger partial charge in [-0.2, -0.15) is 0 Å². The Hall–Kier alpha value is -2.37. The third-order valence-corrected chi connectivity index (χ3v) is 10.1. The Labute approximate surface area is 234 Å². The summed E-state index contributed by atoms with van der Waals surface area (Å²) in [7, 11) is -0.822. The van der Waals surface area contributed by atoms with E-state index in [4.69, 9.17) is 18.6 Å². The molecule has 39 heavy (non-hydrogen) atoms. The predicted octanol–water partition coefficient (Wildman–Crippen LogP) is 5.93. The second-order valence-electron chi connectivity index (χ2n) is 13.8. The molecule has 3 aromatic rings. The van der Waals surface area contributed by atoms with E-state index in [1.807, 2.05) is 0 Å². The number of hydrogen-bond acceptors (Lipinski definition) is 4. The van der Waals surface area contributed by atoms with Gasteiger partial charge in [0, 0.05) is 5.41 Å². The fraction of sp³-hybridized carbons (Fsp3) is 0.455. The molecule has 2 fully saturated rings. The van der Waals surface area contributed by atoms with E-state index >= 15 is 0 Å². The Bertz CT molecular complexity index is 1350. The molecule has 0 unspecified atom stereocenters. The lowest BCUT2D eigenvalue weighted by Crippen LogP contribution is -2.41. The van der Waals surface area contributed by atoms with Crippen LogP contribution < -0.4 is 10.9 Å². The molecule has 2 saturated heterocycles. The van der Waals surface area contributed by atoms with Gasteiger partial charge >= 0.3 is 14.2 Å². The van der Waals surface area contributed by atoms with Gasteiger partial charge in [0.05, 0.1) is 22.4 Å². The van der Waals surface area contributed by atoms with Crippen LogP contribution in [-0.4, -0.2) is 36.6 Å². The van der Waals surface area contributed by atoms with Crippen LogP contribution in [0, 0.1) is 6.92 Å². The van der Waals surface area contributed by atoms with E-state index in [-0.39, 0.29) is 5.41 Å². The molecule has 0 amide bonds. The molecule has 0 spiro atoms. The second kappa shape index (κ2) is 8.33. The van der Waals surface area contributed by atoms with E-state index in [9.17, 15) is 0 Å². The summed E-state index contributed by atoms with van der Waals surface area (Å²) in [5.41, 5.74) is 7.69. The predicted molar refractivity (Wildman–Crippen MR) is 160 cm³/mol. The first kappa shape index (κ1) is 26.8. The minimum absolute atomic E-state index is 0.365. The summed E-state index contributed by atoms with van der Waals surface area (Å²) in [5, 5.41) is 0. The van der Waals surface area contributed by atoms with Gasteiger partial charge < -0.3 is 18.6 Å². The zero-order valence-corrected chi connectivity index (χ0v) is 25.1. The quantitative estimate of drug-likeness (QED) is 0.400. The van der Waals surface area contributed by atoms with Crippen LogP contribution in [0.4, 0.5) is 0 Å². The van der Waals surface area contributed by atoms with E-state index < -0.39 is 36.6 Å². The molecule has 3 aromatic carbocycles. The van der Waals surface area contributed by atoms with Crippen LogP contribution in [0.1, 0.15) is 84.6 Å². The molecule has 6 heteroatoms. The number of rotatable bonds is 3. The lowest BCUT2D eigenvalue weighted by molar-refractivity contribution is 0.00578. The standard InChI is InChI=1S/C33H40B2O4/c1-21-12-11-13-22(18-21)33(10)27-19-23(34-36-29(2,3)30(4,5)37-34)14-16-25(27)26-17-15-24(20-28(26)33)35-38-31(6,7)32(8,9)39-35/h11-20H,1-10H3. The first-order valence-corrected chi connectivity index (χ1v) is 14.1. The SMILES string of the molecule is Cc1cccc(C2(C)c3cc(B4OC(C)(C)C(C)(C)O4)ccc3-c3ccc(B4OC(C)(C)C(C)(C)O4)cc32)c1. The van der Waals surface area contributed by atoms with Crippen molar-refractivity contribution in [3.8, 4) is 11.1 Å². The van der Waals surface area contributed by atoms with Crippen molar-refractivity contribution >= 4 is 25.2 Å². The zero-order valence-electron chi connectivity index (χ0n) is 25.1. The van der Waals surface area contributed by atoms with E-state index in [2.05, 4.69) is 130 Å². The highest BCUT2D eigenvalue weighted by atomic mass is 16.7. The minimum atomic E-state index is -0.411. The van der Waals surface area contributed by atoms with Crippen LogP contribution >= 0.6 is 0 Å². The number of fused-ring (bicyclic) bond motifs is 3. The molecule has 2 aliphatic heterocycles. The topological polar surface area (TPSA) is 36.9 Å². The van der Waals surface area contributed by atoms with Gasteiger partial charge in [-0.05, 0) is 108 Å². The van der Waals surface area contributed by atoms with Gasteiger partial charge in [-0.3, -0.25) is 0 Å². The molecule has 1 aliphatic carbocycles. The van der Waals surface area contributed by atoms with Crippen LogP contribution in [0.15, 0.2) is 60.7 Å². The van der Waals surface area contributed by atoms with Gasteiger partial charge in [-0.25, -0.2) is 0 Å². The molecule has 0 bridgehead atoms. The van der Waals surface area contributed by atoms with Crippen molar-refractivity contribution in [1.29, 1.82) is 0 Å². The smallest absolute Gasteiger partial charge is 0.399 e. The number of hydrogen-bond donors (Lipinski definition) is 0. The minimum Gasteiger partial charge on any atom is -0.399 e. The molecule has 0 atom stereocenters. The summed E-state index contributed by atoms with van der Waals surface area (Å²) in [4.78, 5) is 0. The van der Waals surface area contributed by atoms with E-state index in [0.717, 1.165) is 10.9 Å². The van der Waals surface area contributed by atoms with Gasteiger partial charge in [0.1, 0.15) is 0 Å². The maximum atomic E-state index is 6.45. The summed E-state index contributed by atoms with van der Waals surface area (Å²) in [5.74, 6) is 0. The average molecular weight is 522 g/mol. The molecule has 0 radical (unpaired) electrons. The Morgan fingerprint density at radius 1 is 0.513 bits per heavy atom. The Kier molecular flexibility index (Phi) is 5.73. The van der Waals surface area contributed by atoms with Crippen LogP contribution in [0.25, 0.3) is 11.1 Å². The maximum Gasteiger partial charge on any atom is 0.494 e. The number of aryl methyl sites for hydroxylation is 1. The van der Waals surface area contributed by atoms with Gasteiger partial charge in [0.2, 0.25) is 0 Å². The lowest BCUT2D eigenvalue weighted by atomic mass is 9.69. The Morgan fingerprint density at radius 2 is 0.923 bits per heavy atom. The first-order chi connectivity index (χ1) is 18.1. The van der Waals surface area contributed by atoms with E-state index in [1.54, 1.807) is 0 Å². The van der Waals surface area contributed by atoms with E-state index in [1.165, 1.54) is 33.4 Å². The monoisotopic (exact) mass is 522 g/mol. The Morgan fingerprint density at radius 3 is 1.31 bits per heavy atom. The molecule has 202 valence electrons. The summed E-state index contributed by atoms with van der Waals surface area (Å²) < 4.78 is 25.8. The van der Waals surface area contributed by atoms with Gasteiger partial charge in [0.15, 0.2) is 0 Å². The summed E-state index contributed by atoms with van der Waals surface area (Å²) in [6.07, 6.45) is 0. The first-order valence-electron chi connectivity index (χ1n) is 14.1. The fourth-order valence-corrected chi connectivity index (χ4v) is 6.08. The van der Waals surface area contributed by atoms with Crippen molar-refractivity contribution in [1.82, 2.24) is 0 Å². The molecule has 3 aliphatic rings. The normalized spacial score (nSPS) is 23.1. The highest BCUT2D eigenvalue weighted by Gasteiger charge is 2.54. The van der Waals surface area contributed by atoms with Crippen molar-refractivity contribution in [2.75, 3.05) is 0 Å². The molecular formula is C33H40B2O4.